The lowest BCUT2D eigenvalue weighted by atomic mass is 10.5. The first kappa shape index (κ1) is 7.94. The number of hydrogen-bond donors (Lipinski definition) is 0. The maximum Gasteiger partial charge on any atom is 0.508 e. The molecule has 0 aromatic heterocycles. The van der Waals surface area contributed by atoms with E-state index in [-0.39, 0.29) is 6.10 Å². The van der Waals surface area contributed by atoms with E-state index in [0.29, 0.717) is 6.61 Å². The van der Waals surface area contributed by atoms with E-state index in [1.165, 1.54) is 0 Å². The van der Waals surface area contributed by atoms with Gasteiger partial charge in [-0.3, -0.25) is 0 Å². The summed E-state index contributed by atoms with van der Waals surface area (Å²) in [5.74, 6) is 0. The summed E-state index contributed by atoms with van der Waals surface area (Å²) in [6.45, 7) is 4.18. The molecule has 0 spiro atoms. The molecule has 1 fully saturated rings. The topological polar surface area (TPSA) is 52.6 Å². The Morgan fingerprint density at radius 2 is 2.22 bits per heavy atom. The summed E-state index contributed by atoms with van der Waals surface area (Å²) in [6.07, 6.45) is -0.597. The minimum absolute atomic E-state index is 0.0486. The molecule has 52 valence electrons. The number of hydrogen-bond acceptors (Lipinski definition) is 4. The van der Waals surface area contributed by atoms with E-state index in [2.05, 4.69) is 9.47 Å². The van der Waals surface area contributed by atoms with Crippen molar-refractivity contribution in [2.45, 2.75) is 13.0 Å². The van der Waals surface area contributed by atoms with Gasteiger partial charge in [-0.05, 0) is 6.92 Å². The van der Waals surface area contributed by atoms with Crippen molar-refractivity contribution in [2.75, 3.05) is 6.61 Å². The van der Waals surface area contributed by atoms with Crippen LogP contribution in [0.25, 0.3) is 0 Å². The van der Waals surface area contributed by atoms with E-state index in [1.54, 1.807) is 6.92 Å². The van der Waals surface area contributed by atoms with Crippen molar-refractivity contribution in [1.82, 2.24) is 0 Å². The molecule has 0 aromatic carbocycles. The van der Waals surface area contributed by atoms with Crippen LogP contribution >= 0.6 is 0 Å². The highest BCUT2D eigenvalue weighted by atomic mass is 16.8. The van der Waals surface area contributed by atoms with E-state index in [0.717, 1.165) is 0 Å². The Morgan fingerprint density at radius 3 is 2.33 bits per heavy atom. The fraction of sp³-hybridized carbons (Fsp3) is 0.600. The Hall–Kier alpha value is -1.06. The van der Waals surface area contributed by atoms with Crippen LogP contribution in [0.3, 0.4) is 0 Å². The van der Waals surface area contributed by atoms with Crippen LogP contribution in [0.2, 0.25) is 0 Å². The van der Waals surface area contributed by atoms with Crippen molar-refractivity contribution in [3.63, 3.8) is 0 Å². The van der Waals surface area contributed by atoms with Crippen LogP contribution in [0, 0.1) is 0 Å². The molecule has 1 rings (SSSR count). The zero-order chi connectivity index (χ0) is 7.28. The molecule has 1 atom stereocenters. The molecule has 0 N–H and O–H groups in total. The highest BCUT2D eigenvalue weighted by Crippen LogP contribution is 2.02. The van der Waals surface area contributed by atoms with Crippen molar-refractivity contribution < 1.29 is 19.1 Å². The standard InChI is InChI=1S/C4H6O3.CH2O/c1-3-2-6-4(5)7-3;1-2/h3H,2H2,1H3;1H2. The Labute approximate surface area is 52.7 Å². The molecule has 4 heteroatoms. The Bertz CT molecular complexity index is 101. The van der Waals surface area contributed by atoms with Crippen molar-refractivity contribution in [2.24, 2.45) is 0 Å². The SMILES string of the molecule is C=O.CC1COC(=O)O1. The fourth-order valence-corrected chi connectivity index (χ4v) is 0.418. The highest BCUT2D eigenvalue weighted by molar-refractivity contribution is 5.61. The van der Waals surface area contributed by atoms with Crippen molar-refractivity contribution in [1.29, 1.82) is 0 Å². The maximum absolute atomic E-state index is 10.0. The monoisotopic (exact) mass is 132 g/mol. The molecule has 1 heterocycles. The van der Waals surface area contributed by atoms with Gasteiger partial charge in [0.15, 0.2) is 0 Å². The van der Waals surface area contributed by atoms with E-state index in [4.69, 9.17) is 4.79 Å². The number of cyclic esters (lactones) is 2. The zero-order valence-electron chi connectivity index (χ0n) is 5.12. The van der Waals surface area contributed by atoms with E-state index < -0.39 is 6.16 Å². The van der Waals surface area contributed by atoms with Gasteiger partial charge in [0.05, 0.1) is 0 Å². The third kappa shape index (κ3) is 2.69. The number of carbonyl (C=O) groups is 2. The van der Waals surface area contributed by atoms with Gasteiger partial charge in [-0.1, -0.05) is 0 Å². The zero-order valence-corrected chi connectivity index (χ0v) is 5.12. The van der Waals surface area contributed by atoms with E-state index >= 15 is 0 Å². The quantitative estimate of drug-likeness (QED) is 0.446. The third-order valence-electron chi connectivity index (χ3n) is 0.733. The van der Waals surface area contributed by atoms with Crippen LogP contribution < -0.4 is 0 Å². The minimum Gasteiger partial charge on any atom is -0.430 e. The lowest BCUT2D eigenvalue weighted by Crippen LogP contribution is -2.01. The second kappa shape index (κ2) is 3.88. The summed E-state index contributed by atoms with van der Waals surface area (Å²) >= 11 is 0. The molecule has 4 nitrogen and oxygen atoms in total. The lowest BCUT2D eigenvalue weighted by molar-refractivity contribution is -0.0979. The Kier molecular flexibility index (Phi) is 3.43. The Balaban J connectivity index is 0.000000291. The number of rotatable bonds is 0. The molecule has 0 aromatic rings. The molecule has 0 saturated carbocycles. The molecule has 1 saturated heterocycles. The van der Waals surface area contributed by atoms with Gasteiger partial charge in [0.25, 0.3) is 0 Å². The molecule has 0 radical (unpaired) electrons. The van der Waals surface area contributed by atoms with Gasteiger partial charge in [0.1, 0.15) is 19.5 Å². The van der Waals surface area contributed by atoms with Gasteiger partial charge < -0.3 is 14.3 Å². The summed E-state index contributed by atoms with van der Waals surface area (Å²) in [4.78, 5) is 18.0. The molecule has 1 unspecified atom stereocenters. The smallest absolute Gasteiger partial charge is 0.430 e. The first-order chi connectivity index (χ1) is 4.29. The first-order valence-electron chi connectivity index (χ1n) is 2.41. The molecule has 1 aliphatic rings. The summed E-state index contributed by atoms with van der Waals surface area (Å²) in [5.41, 5.74) is 0. The van der Waals surface area contributed by atoms with Gasteiger partial charge in [0, 0.05) is 0 Å². The molecule has 0 bridgehead atoms. The van der Waals surface area contributed by atoms with Gasteiger partial charge in [-0.25, -0.2) is 4.79 Å². The molecule has 9 heavy (non-hydrogen) atoms. The second-order valence-corrected chi connectivity index (χ2v) is 1.49. The predicted octanol–water partition coefficient (Wildman–Crippen LogP) is 0.357. The minimum atomic E-state index is -0.549. The van der Waals surface area contributed by atoms with Crippen molar-refractivity contribution in [3.05, 3.63) is 0 Å². The third-order valence-corrected chi connectivity index (χ3v) is 0.733. The number of carbonyl (C=O) groups excluding carboxylic acids is 2. The molecule has 0 aliphatic carbocycles. The normalized spacial score (nSPS) is 23.2. The summed E-state index contributed by atoms with van der Waals surface area (Å²) in [6, 6.07) is 0. The van der Waals surface area contributed by atoms with Crippen LogP contribution in [0.5, 0.6) is 0 Å². The summed E-state index contributed by atoms with van der Waals surface area (Å²) in [7, 11) is 0. The van der Waals surface area contributed by atoms with E-state index in [1.807, 2.05) is 6.79 Å². The maximum atomic E-state index is 10.0. The van der Waals surface area contributed by atoms with Gasteiger partial charge in [-0.15, -0.1) is 0 Å². The molecule has 1 aliphatic heterocycles. The first-order valence-corrected chi connectivity index (χ1v) is 2.41. The average molecular weight is 132 g/mol. The van der Waals surface area contributed by atoms with Gasteiger partial charge in [0.2, 0.25) is 0 Å². The van der Waals surface area contributed by atoms with Crippen LogP contribution in [-0.2, 0) is 14.3 Å². The summed E-state index contributed by atoms with van der Waals surface area (Å²) < 4.78 is 8.90. The molecular formula is C5H8O4. The highest BCUT2D eigenvalue weighted by Gasteiger charge is 2.19. The van der Waals surface area contributed by atoms with Gasteiger partial charge in [-0.2, -0.15) is 0 Å². The second-order valence-electron chi connectivity index (χ2n) is 1.49. The fourth-order valence-electron chi connectivity index (χ4n) is 0.418. The summed E-state index contributed by atoms with van der Waals surface area (Å²) in [5, 5.41) is 0. The Morgan fingerprint density at radius 1 is 1.67 bits per heavy atom. The average Bonchev–Trinajstić information content (AvgIpc) is 2.20. The van der Waals surface area contributed by atoms with Gasteiger partial charge >= 0.3 is 6.16 Å². The van der Waals surface area contributed by atoms with E-state index in [9.17, 15) is 4.79 Å². The lowest BCUT2D eigenvalue weighted by Gasteiger charge is -1.90. The molecular weight excluding hydrogens is 124 g/mol. The number of ether oxygens (including phenoxy) is 2. The van der Waals surface area contributed by atoms with Crippen LogP contribution in [0.15, 0.2) is 0 Å². The van der Waals surface area contributed by atoms with Crippen molar-refractivity contribution >= 4 is 12.9 Å². The predicted molar refractivity (Wildman–Crippen MR) is 29.0 cm³/mol. The van der Waals surface area contributed by atoms with Crippen LogP contribution in [-0.4, -0.2) is 25.7 Å². The van der Waals surface area contributed by atoms with Crippen LogP contribution in [0.1, 0.15) is 6.92 Å². The van der Waals surface area contributed by atoms with Crippen molar-refractivity contribution in [3.8, 4) is 0 Å². The van der Waals surface area contributed by atoms with Crippen LogP contribution in [0.4, 0.5) is 4.79 Å². The largest absolute Gasteiger partial charge is 0.508 e. The molecule has 0 amide bonds.